The van der Waals surface area contributed by atoms with Crippen LogP contribution in [0, 0.1) is 45.9 Å². The average molecular weight is 326 g/mol. The monoisotopic (exact) mass is 326 g/mol. The first-order valence-corrected chi connectivity index (χ1v) is 6.67. The van der Waals surface area contributed by atoms with E-state index in [2.05, 4.69) is 0 Å². The van der Waals surface area contributed by atoms with Crippen LogP contribution in [-0.2, 0) is 0 Å². The second-order valence-electron chi connectivity index (χ2n) is 5.05. The third-order valence-electron chi connectivity index (χ3n) is 3.61. The summed E-state index contributed by atoms with van der Waals surface area (Å²) in [5, 5.41) is 18.6. The number of benzene rings is 2. The van der Waals surface area contributed by atoms with E-state index in [0.717, 1.165) is 24.3 Å². The van der Waals surface area contributed by atoms with Crippen molar-refractivity contribution in [3.05, 3.63) is 69.8 Å². The second-order valence-corrected chi connectivity index (χ2v) is 5.05. The number of hydrogen-bond acceptors (Lipinski definition) is 2. The van der Waals surface area contributed by atoms with E-state index in [-0.39, 0.29) is 33.4 Å². The van der Waals surface area contributed by atoms with E-state index in [1.807, 2.05) is 12.1 Å². The molecule has 6 heteroatoms. The molecular weight excluding hydrogens is 320 g/mol. The molecule has 0 atom stereocenters. The third-order valence-corrected chi connectivity index (χ3v) is 3.61. The molecule has 0 bridgehead atoms. The maximum atomic E-state index is 13.5. The van der Waals surface area contributed by atoms with Gasteiger partial charge in [-0.2, -0.15) is 10.5 Å². The van der Waals surface area contributed by atoms with Gasteiger partial charge in [0, 0.05) is 11.1 Å². The van der Waals surface area contributed by atoms with Crippen molar-refractivity contribution in [1.29, 1.82) is 10.5 Å². The number of hydrogen-bond donors (Lipinski definition) is 0. The molecule has 0 amide bonds. The van der Waals surface area contributed by atoms with Gasteiger partial charge in [-0.15, -0.1) is 0 Å². The zero-order valence-corrected chi connectivity index (χ0v) is 11.9. The number of nitriles is 2. The van der Waals surface area contributed by atoms with E-state index in [1.54, 1.807) is 0 Å². The number of fused-ring (bicyclic) bond motifs is 2. The maximum absolute atomic E-state index is 13.5. The van der Waals surface area contributed by atoms with Gasteiger partial charge >= 0.3 is 0 Å². The van der Waals surface area contributed by atoms with Crippen molar-refractivity contribution in [2.24, 2.45) is 0 Å². The highest BCUT2D eigenvalue weighted by atomic mass is 19.2. The first-order valence-electron chi connectivity index (χ1n) is 6.67. The van der Waals surface area contributed by atoms with E-state index >= 15 is 0 Å². The molecule has 0 N–H and O–H groups in total. The molecule has 0 aliphatic heterocycles. The van der Waals surface area contributed by atoms with Crippen LogP contribution in [0.3, 0.4) is 0 Å². The highest BCUT2D eigenvalue weighted by Gasteiger charge is 2.19. The van der Waals surface area contributed by atoms with Crippen LogP contribution in [0.1, 0.15) is 22.3 Å². The van der Waals surface area contributed by atoms with Crippen molar-refractivity contribution in [2.45, 2.75) is 0 Å². The molecule has 0 radical (unpaired) electrons. The normalized spacial score (nSPS) is 16.9. The minimum Gasteiger partial charge on any atom is -0.204 e. The SMILES string of the molecule is N#C/C1=C/c2cc(F)c(F)cc2/C(C#N)=C\c2cc(F)c(F)cc21. The maximum Gasteiger partial charge on any atom is 0.159 e. The van der Waals surface area contributed by atoms with Crippen LogP contribution < -0.4 is 0 Å². The topological polar surface area (TPSA) is 47.6 Å². The molecule has 0 saturated carbocycles. The Morgan fingerprint density at radius 2 is 0.917 bits per heavy atom. The lowest BCUT2D eigenvalue weighted by molar-refractivity contribution is 0.508. The van der Waals surface area contributed by atoms with Crippen LogP contribution in [0.4, 0.5) is 17.6 Å². The molecule has 24 heavy (non-hydrogen) atoms. The van der Waals surface area contributed by atoms with Crippen molar-refractivity contribution < 1.29 is 17.6 Å². The van der Waals surface area contributed by atoms with Crippen LogP contribution in [0.5, 0.6) is 0 Å². The van der Waals surface area contributed by atoms with E-state index in [0.29, 0.717) is 0 Å². The Morgan fingerprint density at radius 3 is 1.25 bits per heavy atom. The summed E-state index contributed by atoms with van der Waals surface area (Å²) >= 11 is 0. The van der Waals surface area contributed by atoms with Crippen LogP contribution in [0.15, 0.2) is 24.3 Å². The molecule has 2 aromatic carbocycles. The predicted octanol–water partition coefficient (Wildman–Crippen LogP) is 4.68. The standard InChI is InChI=1S/C18H6F4N2/c19-15-3-9-1-11(7-23)14-6-18(22)16(20)4-10(14)2-12(8-24)13(9)5-17(15)21/h1-6H/b9-1?,10-2?,11-1-,12-2-,13-12?,14-11?. The molecule has 2 nitrogen and oxygen atoms in total. The van der Waals surface area contributed by atoms with Gasteiger partial charge in [-0.25, -0.2) is 17.6 Å². The van der Waals surface area contributed by atoms with E-state index < -0.39 is 23.3 Å². The zero-order valence-electron chi connectivity index (χ0n) is 11.9. The summed E-state index contributed by atoms with van der Waals surface area (Å²) in [5.74, 6) is -4.61. The summed E-state index contributed by atoms with van der Waals surface area (Å²) in [6, 6.07) is 7.00. The summed E-state index contributed by atoms with van der Waals surface area (Å²) in [7, 11) is 0. The van der Waals surface area contributed by atoms with Crippen molar-refractivity contribution in [3.63, 3.8) is 0 Å². The van der Waals surface area contributed by atoms with Gasteiger partial charge in [-0.3, -0.25) is 0 Å². The molecule has 116 valence electrons. The fraction of sp³-hybridized carbons (Fsp3) is 0. The van der Waals surface area contributed by atoms with E-state index in [1.165, 1.54) is 12.2 Å². The highest BCUT2D eigenvalue weighted by Crippen LogP contribution is 2.33. The smallest absolute Gasteiger partial charge is 0.159 e. The number of allylic oxidation sites excluding steroid dienone is 2. The molecule has 0 heterocycles. The summed E-state index contributed by atoms with van der Waals surface area (Å²) in [5.41, 5.74) is 0.162. The molecule has 0 saturated heterocycles. The number of halogens is 4. The Morgan fingerprint density at radius 1 is 0.583 bits per heavy atom. The fourth-order valence-corrected chi connectivity index (χ4v) is 2.48. The van der Waals surface area contributed by atoms with Crippen molar-refractivity contribution in [1.82, 2.24) is 0 Å². The van der Waals surface area contributed by atoms with Crippen molar-refractivity contribution >= 4 is 23.3 Å². The molecule has 0 fully saturated rings. The summed E-state index contributed by atoms with van der Waals surface area (Å²) in [6.07, 6.45) is 2.41. The Kier molecular flexibility index (Phi) is 3.67. The molecule has 0 spiro atoms. The molecule has 2 aromatic rings. The van der Waals surface area contributed by atoms with Gasteiger partial charge in [0.1, 0.15) is 0 Å². The zero-order chi connectivity index (χ0) is 17.4. The van der Waals surface area contributed by atoms with Crippen molar-refractivity contribution in [3.8, 4) is 12.1 Å². The van der Waals surface area contributed by atoms with Gasteiger partial charge in [0.25, 0.3) is 0 Å². The minimum atomic E-state index is -1.16. The largest absolute Gasteiger partial charge is 0.204 e. The summed E-state index contributed by atoms with van der Waals surface area (Å²) < 4.78 is 54.1. The van der Waals surface area contributed by atoms with E-state index in [9.17, 15) is 28.1 Å². The molecule has 3 rings (SSSR count). The average Bonchev–Trinajstić information content (AvgIpc) is 2.55. The Balaban J connectivity index is 2.42. The lowest BCUT2D eigenvalue weighted by atomic mass is 9.89. The van der Waals surface area contributed by atoms with Crippen LogP contribution in [0.25, 0.3) is 23.3 Å². The molecule has 0 aromatic heterocycles. The Bertz CT molecular complexity index is 937. The Labute approximate surface area is 134 Å². The first-order chi connectivity index (χ1) is 11.4. The van der Waals surface area contributed by atoms with Gasteiger partial charge in [0.05, 0.1) is 23.3 Å². The molecular formula is C18H6F4N2. The number of rotatable bonds is 0. The Hall–Kier alpha value is -3.38. The summed E-state index contributed by atoms with van der Waals surface area (Å²) in [6.45, 7) is 0. The molecule has 1 aliphatic rings. The quantitative estimate of drug-likeness (QED) is 0.660. The summed E-state index contributed by atoms with van der Waals surface area (Å²) in [4.78, 5) is 0. The minimum absolute atomic E-state index is 0.0551. The van der Waals surface area contributed by atoms with Gasteiger partial charge in [-0.1, -0.05) is 0 Å². The van der Waals surface area contributed by atoms with Crippen LogP contribution >= 0.6 is 0 Å². The third kappa shape index (κ3) is 2.45. The van der Waals surface area contributed by atoms with Crippen LogP contribution in [-0.4, -0.2) is 0 Å². The first kappa shape index (κ1) is 15.5. The van der Waals surface area contributed by atoms with Gasteiger partial charge in [-0.05, 0) is 47.5 Å². The van der Waals surface area contributed by atoms with Gasteiger partial charge < -0.3 is 0 Å². The van der Waals surface area contributed by atoms with Gasteiger partial charge in [0.15, 0.2) is 23.3 Å². The second kappa shape index (κ2) is 5.68. The highest BCUT2D eigenvalue weighted by molar-refractivity contribution is 6.02. The van der Waals surface area contributed by atoms with Gasteiger partial charge in [0.2, 0.25) is 0 Å². The van der Waals surface area contributed by atoms with Crippen LogP contribution in [0.2, 0.25) is 0 Å². The predicted molar refractivity (Wildman–Crippen MR) is 79.7 cm³/mol. The van der Waals surface area contributed by atoms with Crippen molar-refractivity contribution in [2.75, 3.05) is 0 Å². The lowest BCUT2D eigenvalue weighted by Crippen LogP contribution is -2.00. The van der Waals surface area contributed by atoms with E-state index in [4.69, 9.17) is 0 Å². The fourth-order valence-electron chi connectivity index (χ4n) is 2.48. The lowest BCUT2D eigenvalue weighted by Gasteiger charge is -2.13. The number of nitrogens with zero attached hydrogens (tertiary/aromatic N) is 2. The molecule has 1 aliphatic carbocycles. The molecule has 0 unspecified atom stereocenters.